The first-order chi connectivity index (χ1) is 20.0. The number of benzene rings is 1. The van der Waals surface area contributed by atoms with E-state index in [0.29, 0.717) is 23.6 Å². The van der Waals surface area contributed by atoms with E-state index in [1.54, 1.807) is 32.9 Å². The van der Waals surface area contributed by atoms with Gasteiger partial charge in [-0.2, -0.15) is 0 Å². The maximum absolute atomic E-state index is 15.5. The summed E-state index contributed by atoms with van der Waals surface area (Å²) in [6.07, 6.45) is 3.91. The number of fused-ring (bicyclic) bond motifs is 3. The van der Waals surface area contributed by atoms with E-state index in [1.807, 2.05) is 6.07 Å². The molecule has 10 nitrogen and oxygen atoms in total. The van der Waals surface area contributed by atoms with Crippen LogP contribution in [-0.4, -0.2) is 96.4 Å². The molecule has 5 aliphatic rings. The molecule has 230 valence electrons. The molecule has 1 saturated carbocycles. The Hall–Kier alpha value is -2.92. The zero-order chi connectivity index (χ0) is 29.8. The van der Waals surface area contributed by atoms with Crippen LogP contribution in [-0.2, 0) is 25.5 Å². The van der Waals surface area contributed by atoms with E-state index in [4.69, 9.17) is 15.2 Å². The van der Waals surface area contributed by atoms with Crippen molar-refractivity contribution < 1.29 is 28.2 Å². The highest BCUT2D eigenvalue weighted by atomic mass is 19.1. The number of ether oxygens (including phenoxy) is 2. The smallest absolute Gasteiger partial charge is 0.411 e. The van der Waals surface area contributed by atoms with Crippen LogP contribution in [0.5, 0.6) is 0 Å². The fourth-order valence-corrected chi connectivity index (χ4v) is 7.91. The number of hydrogen-bond acceptors (Lipinski definition) is 7. The summed E-state index contributed by atoms with van der Waals surface area (Å²) < 4.78 is 26.7. The topological polar surface area (TPSA) is 117 Å². The van der Waals surface area contributed by atoms with Crippen LogP contribution in [0, 0.1) is 17.7 Å². The normalized spacial score (nSPS) is 31.4. The minimum Gasteiger partial charge on any atom is -0.444 e. The fourth-order valence-electron chi connectivity index (χ4n) is 7.91. The Morgan fingerprint density at radius 1 is 1.12 bits per heavy atom. The van der Waals surface area contributed by atoms with Gasteiger partial charge in [-0.3, -0.25) is 19.4 Å². The van der Waals surface area contributed by atoms with Gasteiger partial charge in [-0.25, -0.2) is 9.18 Å². The van der Waals surface area contributed by atoms with Crippen molar-refractivity contribution in [1.82, 2.24) is 15.1 Å². The minimum absolute atomic E-state index is 0.0101. The zero-order valence-corrected chi connectivity index (χ0v) is 24.9. The third-order valence-corrected chi connectivity index (χ3v) is 9.91. The van der Waals surface area contributed by atoms with Crippen molar-refractivity contribution in [2.45, 2.75) is 95.1 Å². The van der Waals surface area contributed by atoms with E-state index in [1.165, 1.54) is 4.90 Å². The highest BCUT2D eigenvalue weighted by Gasteiger charge is 2.53. The maximum atomic E-state index is 15.5. The number of piperidine rings is 1. The number of nitrogens with one attached hydrogen (secondary N) is 1. The molecule has 11 heteroatoms. The van der Waals surface area contributed by atoms with Crippen LogP contribution in [0.3, 0.4) is 0 Å². The lowest BCUT2D eigenvalue weighted by Gasteiger charge is -2.36. The molecule has 5 fully saturated rings. The van der Waals surface area contributed by atoms with Gasteiger partial charge < -0.3 is 25.4 Å². The molecule has 4 aliphatic heterocycles. The minimum atomic E-state index is -1.11. The van der Waals surface area contributed by atoms with Gasteiger partial charge in [0.2, 0.25) is 11.8 Å². The van der Waals surface area contributed by atoms with Crippen molar-refractivity contribution in [3.05, 3.63) is 29.6 Å². The Morgan fingerprint density at radius 2 is 1.93 bits per heavy atom. The van der Waals surface area contributed by atoms with Gasteiger partial charge in [-0.05, 0) is 82.4 Å². The third kappa shape index (κ3) is 5.69. The molecule has 3 amide bonds. The first-order valence-electron chi connectivity index (χ1n) is 15.5. The van der Waals surface area contributed by atoms with E-state index >= 15 is 4.39 Å². The number of likely N-dealkylation sites (tertiary alicyclic amines) is 2. The molecular formula is C31H44FN5O5. The van der Waals surface area contributed by atoms with Crippen LogP contribution in [0.2, 0.25) is 0 Å². The molecule has 3 N–H and O–H groups in total. The summed E-state index contributed by atoms with van der Waals surface area (Å²) in [5.74, 6) is -1.07. The number of carbonyl (C=O) groups excluding carboxylic acids is 3. The lowest BCUT2D eigenvalue weighted by atomic mass is 9.97. The summed E-state index contributed by atoms with van der Waals surface area (Å²) in [7, 11) is 0. The average molecular weight is 586 g/mol. The molecule has 2 bridgehead atoms. The highest BCUT2D eigenvalue weighted by molar-refractivity contribution is 5.91. The lowest BCUT2D eigenvalue weighted by Crippen LogP contribution is -2.57. The summed E-state index contributed by atoms with van der Waals surface area (Å²) in [4.78, 5) is 45.3. The largest absolute Gasteiger partial charge is 0.444 e. The van der Waals surface area contributed by atoms with Crippen molar-refractivity contribution >= 4 is 23.6 Å². The molecule has 7 atom stereocenters. The van der Waals surface area contributed by atoms with Gasteiger partial charge in [0, 0.05) is 56.5 Å². The number of primary amides is 1. The van der Waals surface area contributed by atoms with Gasteiger partial charge in [-0.15, -0.1) is 0 Å². The van der Waals surface area contributed by atoms with Crippen LogP contribution < -0.4 is 16.0 Å². The summed E-state index contributed by atoms with van der Waals surface area (Å²) in [5, 5.41) is 2.74. The van der Waals surface area contributed by atoms with Gasteiger partial charge in [0.25, 0.3) is 0 Å². The number of rotatable bonds is 7. The van der Waals surface area contributed by atoms with E-state index in [9.17, 15) is 14.4 Å². The van der Waals surface area contributed by atoms with E-state index in [2.05, 4.69) is 15.1 Å². The number of nitrogens with two attached hydrogens (primary N) is 1. The van der Waals surface area contributed by atoms with E-state index in [0.717, 1.165) is 70.6 Å². The Kier molecular flexibility index (Phi) is 7.84. The predicted octanol–water partition coefficient (Wildman–Crippen LogP) is 2.43. The monoisotopic (exact) mass is 585 g/mol. The highest BCUT2D eigenvalue weighted by Crippen LogP contribution is 2.43. The molecule has 4 heterocycles. The van der Waals surface area contributed by atoms with Gasteiger partial charge >= 0.3 is 6.09 Å². The van der Waals surface area contributed by atoms with Crippen molar-refractivity contribution in [2.24, 2.45) is 17.6 Å². The van der Waals surface area contributed by atoms with Crippen LogP contribution in [0.4, 0.5) is 14.9 Å². The van der Waals surface area contributed by atoms with Crippen LogP contribution in [0.1, 0.15) is 58.4 Å². The fraction of sp³-hybridized carbons (Fsp3) is 0.710. The van der Waals surface area contributed by atoms with E-state index < -0.39 is 41.4 Å². The standard InChI is InChI=1S/C31H44FN5O5/c1-31(2,3)42-30(40)37-22-7-5-19(12-22)27(37)29(39)34-25(28(33)38)13-18-4-6-21(14-24(18)32)36-10-8-20-15-35(16-26(20)36)23-9-11-41-17-23/h4,6,14,19-20,22-23,25-27H,5,7-13,15-17H2,1-3H3,(H2,33,38)(H,34,39)/t19-,20?,22+,23?,25-,26?,27-/m0/s1. The molecule has 0 aromatic heterocycles. The van der Waals surface area contributed by atoms with E-state index in [-0.39, 0.29) is 18.4 Å². The van der Waals surface area contributed by atoms with Gasteiger partial charge in [-0.1, -0.05) is 6.07 Å². The average Bonchev–Trinajstić information content (AvgIpc) is 3.73. The number of anilines is 1. The number of halogens is 1. The van der Waals surface area contributed by atoms with Crippen molar-refractivity contribution in [3.63, 3.8) is 0 Å². The molecule has 0 spiro atoms. The Bertz CT molecular complexity index is 1220. The molecule has 1 aliphatic carbocycles. The van der Waals surface area contributed by atoms with Gasteiger partial charge in [0.15, 0.2) is 0 Å². The molecule has 6 rings (SSSR count). The number of amides is 3. The van der Waals surface area contributed by atoms with Crippen molar-refractivity contribution in [2.75, 3.05) is 37.7 Å². The molecule has 3 unspecified atom stereocenters. The Labute approximate surface area is 247 Å². The zero-order valence-electron chi connectivity index (χ0n) is 24.9. The van der Waals surface area contributed by atoms with Crippen molar-refractivity contribution in [3.8, 4) is 0 Å². The molecule has 42 heavy (non-hydrogen) atoms. The summed E-state index contributed by atoms with van der Waals surface area (Å²) in [6.45, 7) is 9.88. The molecule has 1 aromatic rings. The lowest BCUT2D eigenvalue weighted by molar-refractivity contribution is -0.132. The summed E-state index contributed by atoms with van der Waals surface area (Å²) in [5.41, 5.74) is 6.14. The molecule has 1 aromatic carbocycles. The summed E-state index contributed by atoms with van der Waals surface area (Å²) in [6, 6.07) is 4.06. The Balaban J connectivity index is 1.11. The number of carbonyl (C=O) groups is 3. The second-order valence-electron chi connectivity index (χ2n) is 13.8. The second kappa shape index (κ2) is 11.3. The van der Waals surface area contributed by atoms with Crippen LogP contribution >= 0.6 is 0 Å². The molecule has 4 saturated heterocycles. The second-order valence-corrected chi connectivity index (χ2v) is 13.8. The molecule has 0 radical (unpaired) electrons. The van der Waals surface area contributed by atoms with Crippen LogP contribution in [0.25, 0.3) is 0 Å². The SMILES string of the molecule is CC(C)(C)OC(=O)N1[C@@H]2CC[C@@H](C2)[C@H]1C(=O)N[C@@H](Cc1ccc(N2CCC3CN(C4CCOC4)CC32)cc1F)C(N)=O. The maximum Gasteiger partial charge on any atom is 0.411 e. The number of nitrogens with zero attached hydrogens (tertiary/aromatic N) is 3. The predicted molar refractivity (Wildman–Crippen MR) is 154 cm³/mol. The first kappa shape index (κ1) is 29.2. The van der Waals surface area contributed by atoms with Gasteiger partial charge in [0.05, 0.1) is 6.61 Å². The van der Waals surface area contributed by atoms with Crippen molar-refractivity contribution in [1.29, 1.82) is 0 Å². The summed E-state index contributed by atoms with van der Waals surface area (Å²) >= 11 is 0. The molecular weight excluding hydrogens is 541 g/mol. The quantitative estimate of drug-likeness (QED) is 0.505. The Morgan fingerprint density at radius 3 is 2.62 bits per heavy atom. The number of hydrogen-bond donors (Lipinski definition) is 2. The first-order valence-corrected chi connectivity index (χ1v) is 15.5. The van der Waals surface area contributed by atoms with Crippen LogP contribution in [0.15, 0.2) is 18.2 Å². The third-order valence-electron chi connectivity index (χ3n) is 9.91. The van der Waals surface area contributed by atoms with Gasteiger partial charge in [0.1, 0.15) is 23.5 Å².